The zero-order chi connectivity index (χ0) is 16.8. The summed E-state index contributed by atoms with van der Waals surface area (Å²) in [7, 11) is 0. The number of nitrogens with zero attached hydrogens (tertiary/aromatic N) is 3. The average molecular weight is 325 g/mol. The number of rotatable bonds is 2. The molecule has 2 aromatic heterocycles. The van der Waals surface area contributed by atoms with E-state index in [0.29, 0.717) is 0 Å². The van der Waals surface area contributed by atoms with Crippen LogP contribution in [0, 0.1) is 6.92 Å². The van der Waals surface area contributed by atoms with Crippen molar-refractivity contribution in [3.05, 3.63) is 72.1 Å². The summed E-state index contributed by atoms with van der Waals surface area (Å²) in [6.45, 7) is 3.03. The van der Waals surface area contributed by atoms with Gasteiger partial charge in [-0.15, -0.1) is 0 Å². The van der Waals surface area contributed by atoms with Crippen molar-refractivity contribution in [3.63, 3.8) is 0 Å². The Morgan fingerprint density at radius 1 is 0.920 bits per heavy atom. The lowest BCUT2D eigenvalue weighted by Gasteiger charge is -2.07. The molecule has 0 fully saturated rings. The molecular weight excluding hydrogens is 306 g/mol. The Balaban J connectivity index is 1.76. The zero-order valence-corrected chi connectivity index (χ0v) is 14.2. The topological polar surface area (TPSA) is 30.7 Å². The molecule has 0 saturated heterocycles. The monoisotopic (exact) mass is 325 g/mol. The smallest absolute Gasteiger partial charge is 0.119 e. The predicted octanol–water partition coefficient (Wildman–Crippen LogP) is 5.02. The number of pyridine rings is 1. The van der Waals surface area contributed by atoms with Crippen molar-refractivity contribution >= 4 is 10.8 Å². The van der Waals surface area contributed by atoms with Crippen LogP contribution in [-0.4, -0.2) is 14.8 Å². The lowest BCUT2D eigenvalue weighted by Crippen LogP contribution is -1.95. The van der Waals surface area contributed by atoms with Crippen LogP contribution in [0.5, 0.6) is 0 Å². The van der Waals surface area contributed by atoms with Crippen LogP contribution in [0.1, 0.15) is 17.8 Å². The molecule has 5 rings (SSSR count). The summed E-state index contributed by atoms with van der Waals surface area (Å²) < 4.78 is 2.17. The Morgan fingerprint density at radius 3 is 2.68 bits per heavy atom. The molecule has 0 unspecified atom stereocenters. The maximum Gasteiger partial charge on any atom is 0.119 e. The normalized spacial score (nSPS) is 13.3. The summed E-state index contributed by atoms with van der Waals surface area (Å²) in [5, 5.41) is 7.45. The van der Waals surface area contributed by atoms with Gasteiger partial charge in [0, 0.05) is 23.5 Å². The zero-order valence-electron chi connectivity index (χ0n) is 14.2. The van der Waals surface area contributed by atoms with Gasteiger partial charge in [0.2, 0.25) is 0 Å². The van der Waals surface area contributed by atoms with Crippen LogP contribution in [0.4, 0.5) is 0 Å². The van der Waals surface area contributed by atoms with Gasteiger partial charge in [0.15, 0.2) is 0 Å². The van der Waals surface area contributed by atoms with Gasteiger partial charge in [0.25, 0.3) is 0 Å². The van der Waals surface area contributed by atoms with Gasteiger partial charge in [-0.05, 0) is 54.3 Å². The summed E-state index contributed by atoms with van der Waals surface area (Å²) in [5.74, 6) is 0. The molecule has 1 aliphatic heterocycles. The highest BCUT2D eigenvalue weighted by Gasteiger charge is 2.24. The molecule has 2 aromatic carbocycles. The molecule has 0 amide bonds. The van der Waals surface area contributed by atoms with Crippen LogP contribution in [0.3, 0.4) is 0 Å². The predicted molar refractivity (Wildman–Crippen MR) is 101 cm³/mol. The van der Waals surface area contributed by atoms with Gasteiger partial charge in [0.1, 0.15) is 5.69 Å². The SMILES string of the molecule is Cc1cccc(-c2nn3c(c2-c2ccc4ccccc4c2)CCC3)n1. The third-order valence-electron chi connectivity index (χ3n) is 5.01. The lowest BCUT2D eigenvalue weighted by atomic mass is 9.97. The van der Waals surface area contributed by atoms with Gasteiger partial charge in [-0.1, -0.05) is 42.5 Å². The Kier molecular flexibility index (Phi) is 3.20. The van der Waals surface area contributed by atoms with Gasteiger partial charge < -0.3 is 0 Å². The number of aryl methyl sites for hydroxylation is 2. The molecule has 3 heteroatoms. The molecule has 0 atom stereocenters. The van der Waals surface area contributed by atoms with Gasteiger partial charge in [-0.2, -0.15) is 5.10 Å². The largest absolute Gasteiger partial charge is 0.268 e. The van der Waals surface area contributed by atoms with Crippen molar-refractivity contribution < 1.29 is 0 Å². The highest BCUT2D eigenvalue weighted by atomic mass is 15.3. The number of hydrogen-bond acceptors (Lipinski definition) is 2. The molecule has 0 N–H and O–H groups in total. The summed E-state index contributed by atoms with van der Waals surface area (Å²) in [4.78, 5) is 4.73. The first-order chi connectivity index (χ1) is 12.3. The summed E-state index contributed by atoms with van der Waals surface area (Å²) in [5.41, 5.74) is 6.82. The van der Waals surface area contributed by atoms with Gasteiger partial charge in [-0.3, -0.25) is 9.67 Å². The van der Waals surface area contributed by atoms with Crippen LogP contribution in [0.25, 0.3) is 33.3 Å². The van der Waals surface area contributed by atoms with E-state index in [4.69, 9.17) is 10.1 Å². The Hall–Kier alpha value is -2.94. The van der Waals surface area contributed by atoms with E-state index in [1.165, 1.54) is 34.0 Å². The van der Waals surface area contributed by atoms with E-state index in [0.717, 1.165) is 30.0 Å². The van der Waals surface area contributed by atoms with E-state index in [9.17, 15) is 0 Å². The van der Waals surface area contributed by atoms with Gasteiger partial charge in [0.05, 0.1) is 5.69 Å². The molecule has 4 aromatic rings. The van der Waals surface area contributed by atoms with E-state index < -0.39 is 0 Å². The Morgan fingerprint density at radius 2 is 1.80 bits per heavy atom. The number of aromatic nitrogens is 3. The molecule has 122 valence electrons. The van der Waals surface area contributed by atoms with Gasteiger partial charge in [-0.25, -0.2) is 0 Å². The first-order valence-corrected chi connectivity index (χ1v) is 8.82. The van der Waals surface area contributed by atoms with E-state index in [1.54, 1.807) is 0 Å². The molecule has 0 spiro atoms. The Bertz CT molecular complexity index is 1090. The maximum atomic E-state index is 4.91. The minimum Gasteiger partial charge on any atom is -0.268 e. The first-order valence-electron chi connectivity index (χ1n) is 8.82. The minimum atomic E-state index is 0.963. The molecule has 25 heavy (non-hydrogen) atoms. The summed E-state index contributed by atoms with van der Waals surface area (Å²) in [6.07, 6.45) is 2.26. The molecule has 0 aliphatic carbocycles. The van der Waals surface area contributed by atoms with Crippen LogP contribution < -0.4 is 0 Å². The summed E-state index contributed by atoms with van der Waals surface area (Å²) >= 11 is 0. The minimum absolute atomic E-state index is 0.963. The van der Waals surface area contributed by atoms with E-state index in [-0.39, 0.29) is 0 Å². The van der Waals surface area contributed by atoms with Crippen molar-refractivity contribution in [1.82, 2.24) is 14.8 Å². The second-order valence-corrected chi connectivity index (χ2v) is 6.72. The molecule has 3 heterocycles. The van der Waals surface area contributed by atoms with Gasteiger partial charge >= 0.3 is 0 Å². The average Bonchev–Trinajstić information content (AvgIpc) is 3.22. The van der Waals surface area contributed by atoms with E-state index >= 15 is 0 Å². The fourth-order valence-electron chi connectivity index (χ4n) is 3.83. The fraction of sp³-hybridized carbons (Fsp3) is 0.182. The molecule has 0 radical (unpaired) electrons. The highest BCUT2D eigenvalue weighted by molar-refractivity contribution is 5.91. The Labute approximate surface area is 147 Å². The molecular formula is C22H19N3. The van der Waals surface area contributed by atoms with Crippen molar-refractivity contribution in [3.8, 4) is 22.5 Å². The van der Waals surface area contributed by atoms with Crippen molar-refractivity contribution in [2.75, 3.05) is 0 Å². The van der Waals surface area contributed by atoms with Crippen LogP contribution in [0.15, 0.2) is 60.7 Å². The van der Waals surface area contributed by atoms with E-state index in [1.807, 2.05) is 13.0 Å². The quantitative estimate of drug-likeness (QED) is 0.518. The lowest BCUT2D eigenvalue weighted by molar-refractivity contribution is 0.658. The maximum absolute atomic E-state index is 4.91. The van der Waals surface area contributed by atoms with E-state index in [2.05, 4.69) is 59.3 Å². The van der Waals surface area contributed by atoms with Crippen molar-refractivity contribution in [2.45, 2.75) is 26.3 Å². The third-order valence-corrected chi connectivity index (χ3v) is 5.01. The molecule has 3 nitrogen and oxygen atoms in total. The first kappa shape index (κ1) is 14.4. The van der Waals surface area contributed by atoms with Crippen LogP contribution in [-0.2, 0) is 13.0 Å². The highest BCUT2D eigenvalue weighted by Crippen LogP contribution is 2.37. The number of fused-ring (bicyclic) bond motifs is 2. The fourth-order valence-corrected chi connectivity index (χ4v) is 3.83. The standard InChI is InChI=1S/C22H19N3/c1-15-6-4-9-19(23-15)22-21(20-10-5-13-25(20)24-22)18-12-11-16-7-2-3-8-17(16)14-18/h2-4,6-9,11-12,14H,5,10,13H2,1H3. The number of benzene rings is 2. The number of hydrogen-bond donors (Lipinski definition) is 0. The second-order valence-electron chi connectivity index (χ2n) is 6.72. The van der Waals surface area contributed by atoms with Crippen LogP contribution >= 0.6 is 0 Å². The van der Waals surface area contributed by atoms with Crippen molar-refractivity contribution in [1.29, 1.82) is 0 Å². The second kappa shape index (κ2) is 5.55. The van der Waals surface area contributed by atoms with Crippen LogP contribution in [0.2, 0.25) is 0 Å². The third kappa shape index (κ3) is 2.35. The summed E-state index contributed by atoms with van der Waals surface area (Å²) in [6, 6.07) is 21.4. The molecule has 1 aliphatic rings. The van der Waals surface area contributed by atoms with Crippen molar-refractivity contribution in [2.24, 2.45) is 0 Å². The molecule has 0 bridgehead atoms. The molecule has 0 saturated carbocycles.